The summed E-state index contributed by atoms with van der Waals surface area (Å²) in [6.45, 7) is 0. The van der Waals surface area contributed by atoms with Gasteiger partial charge in [-0.25, -0.2) is 8.42 Å². The van der Waals surface area contributed by atoms with E-state index < -0.39 is 22.0 Å². The fourth-order valence-electron chi connectivity index (χ4n) is 2.13. The molecule has 0 saturated carbocycles. The Hall–Kier alpha value is -1.54. The van der Waals surface area contributed by atoms with E-state index in [9.17, 15) is 13.2 Å². The van der Waals surface area contributed by atoms with Crippen LogP contribution in [0, 0.1) is 0 Å². The van der Waals surface area contributed by atoms with Crippen LogP contribution in [0.3, 0.4) is 0 Å². The van der Waals surface area contributed by atoms with Crippen LogP contribution in [-0.4, -0.2) is 32.4 Å². The van der Waals surface area contributed by atoms with Crippen LogP contribution in [0.1, 0.15) is 6.42 Å². The van der Waals surface area contributed by atoms with Gasteiger partial charge in [-0.2, -0.15) is 16.5 Å². The van der Waals surface area contributed by atoms with Crippen LogP contribution in [0.25, 0.3) is 0 Å². The quantitative estimate of drug-likeness (QED) is 0.714. The molecule has 0 saturated heterocycles. The number of hydrogen-bond donors (Lipinski definition) is 2. The molecule has 8 heteroatoms. The minimum absolute atomic E-state index is 0.125. The molecule has 1 atom stereocenters. The van der Waals surface area contributed by atoms with E-state index >= 15 is 0 Å². The second-order valence-corrected chi connectivity index (χ2v) is 8.40. The maximum Gasteiger partial charge on any atom is 0.242 e. The first kappa shape index (κ1) is 19.8. The monoisotopic (exact) mass is 398 g/mol. The van der Waals surface area contributed by atoms with Gasteiger partial charge in [-0.05, 0) is 48.8 Å². The molecule has 0 aliphatic heterocycles. The van der Waals surface area contributed by atoms with E-state index in [0.29, 0.717) is 22.9 Å². The van der Waals surface area contributed by atoms with E-state index in [1.54, 1.807) is 54.2 Å². The average Bonchev–Trinajstić information content (AvgIpc) is 2.59. The van der Waals surface area contributed by atoms with Crippen molar-refractivity contribution >= 4 is 45.0 Å². The second-order valence-electron chi connectivity index (χ2n) is 5.27. The lowest BCUT2D eigenvalue weighted by atomic mass is 10.2. The van der Waals surface area contributed by atoms with E-state index in [2.05, 4.69) is 10.0 Å². The molecule has 0 heterocycles. The van der Waals surface area contributed by atoms with Gasteiger partial charge in [0.1, 0.15) is 6.04 Å². The summed E-state index contributed by atoms with van der Waals surface area (Å²) < 4.78 is 27.5. The summed E-state index contributed by atoms with van der Waals surface area (Å²) in [6.07, 6.45) is 2.28. The molecule has 5 nitrogen and oxygen atoms in total. The van der Waals surface area contributed by atoms with Crippen molar-refractivity contribution in [2.24, 2.45) is 0 Å². The zero-order valence-electron chi connectivity index (χ0n) is 13.6. The van der Waals surface area contributed by atoms with Gasteiger partial charge >= 0.3 is 0 Å². The number of benzene rings is 2. The number of amides is 1. The third-order valence-electron chi connectivity index (χ3n) is 3.37. The van der Waals surface area contributed by atoms with Crippen molar-refractivity contribution in [3.8, 4) is 0 Å². The number of carbonyl (C=O) groups is 1. The highest BCUT2D eigenvalue weighted by Crippen LogP contribution is 2.16. The number of halogens is 1. The summed E-state index contributed by atoms with van der Waals surface area (Å²) in [5, 5.41) is 3.20. The number of thioether (sulfide) groups is 1. The minimum atomic E-state index is -3.78. The molecule has 134 valence electrons. The Morgan fingerprint density at radius 1 is 1.16 bits per heavy atom. The molecule has 0 spiro atoms. The van der Waals surface area contributed by atoms with Crippen molar-refractivity contribution in [3.05, 3.63) is 59.6 Å². The van der Waals surface area contributed by atoms with Crippen molar-refractivity contribution in [1.29, 1.82) is 0 Å². The Bertz CT molecular complexity index is 814. The van der Waals surface area contributed by atoms with Crippen LogP contribution in [-0.2, 0) is 14.8 Å². The summed E-state index contributed by atoms with van der Waals surface area (Å²) in [5.74, 6) is 0.223. The predicted octanol–water partition coefficient (Wildman–Crippen LogP) is 3.38. The molecule has 2 aromatic rings. The largest absolute Gasteiger partial charge is 0.325 e. The van der Waals surface area contributed by atoms with Gasteiger partial charge in [0.05, 0.1) is 4.90 Å². The van der Waals surface area contributed by atoms with Crippen LogP contribution in [0.15, 0.2) is 59.5 Å². The number of nitrogens with one attached hydrogen (secondary N) is 2. The minimum Gasteiger partial charge on any atom is -0.325 e. The molecule has 0 aromatic heterocycles. The maximum atomic E-state index is 12.5. The van der Waals surface area contributed by atoms with E-state index in [0.717, 1.165) is 0 Å². The molecule has 1 amide bonds. The van der Waals surface area contributed by atoms with Crippen molar-refractivity contribution in [2.75, 3.05) is 17.3 Å². The second kappa shape index (κ2) is 9.24. The Labute approximate surface area is 157 Å². The van der Waals surface area contributed by atoms with Crippen LogP contribution in [0.5, 0.6) is 0 Å². The average molecular weight is 399 g/mol. The predicted molar refractivity (Wildman–Crippen MR) is 104 cm³/mol. The van der Waals surface area contributed by atoms with Crippen molar-refractivity contribution in [2.45, 2.75) is 17.4 Å². The molecule has 0 radical (unpaired) electrons. The summed E-state index contributed by atoms with van der Waals surface area (Å²) in [5.41, 5.74) is 0.519. The van der Waals surface area contributed by atoms with Gasteiger partial charge in [0.2, 0.25) is 15.9 Å². The molecule has 0 fully saturated rings. The van der Waals surface area contributed by atoms with Crippen molar-refractivity contribution in [3.63, 3.8) is 0 Å². The summed E-state index contributed by atoms with van der Waals surface area (Å²) in [7, 11) is -3.78. The van der Waals surface area contributed by atoms with E-state index in [1.165, 1.54) is 12.1 Å². The SMILES string of the molecule is CSCCC(NS(=O)(=O)c1ccccc1)C(=O)Nc1cccc(Cl)c1. The summed E-state index contributed by atoms with van der Waals surface area (Å²) in [4.78, 5) is 12.7. The zero-order valence-corrected chi connectivity index (χ0v) is 16.0. The van der Waals surface area contributed by atoms with Gasteiger partial charge in [0.25, 0.3) is 0 Å². The Morgan fingerprint density at radius 2 is 1.88 bits per heavy atom. The van der Waals surface area contributed by atoms with E-state index in [1.807, 2.05) is 6.26 Å². The Balaban J connectivity index is 2.16. The maximum absolute atomic E-state index is 12.5. The third kappa shape index (κ3) is 6.04. The highest BCUT2D eigenvalue weighted by molar-refractivity contribution is 7.98. The lowest BCUT2D eigenvalue weighted by molar-refractivity contribution is -0.117. The lowest BCUT2D eigenvalue weighted by Crippen LogP contribution is -2.44. The van der Waals surface area contributed by atoms with Gasteiger partial charge in [0, 0.05) is 10.7 Å². The zero-order chi connectivity index (χ0) is 18.3. The highest BCUT2D eigenvalue weighted by Gasteiger charge is 2.25. The molecular formula is C17H19ClN2O3S2. The van der Waals surface area contributed by atoms with Crippen LogP contribution in [0.2, 0.25) is 5.02 Å². The molecular weight excluding hydrogens is 380 g/mol. The fourth-order valence-corrected chi connectivity index (χ4v) is 4.04. The first-order valence-electron chi connectivity index (χ1n) is 7.55. The van der Waals surface area contributed by atoms with Gasteiger partial charge in [0.15, 0.2) is 0 Å². The van der Waals surface area contributed by atoms with Crippen molar-refractivity contribution < 1.29 is 13.2 Å². The highest BCUT2D eigenvalue weighted by atomic mass is 35.5. The number of carbonyl (C=O) groups excluding carboxylic acids is 1. The fraction of sp³-hybridized carbons (Fsp3) is 0.235. The first-order valence-corrected chi connectivity index (χ1v) is 10.8. The van der Waals surface area contributed by atoms with E-state index in [4.69, 9.17) is 11.6 Å². The Morgan fingerprint density at radius 3 is 2.52 bits per heavy atom. The normalized spacial score (nSPS) is 12.6. The van der Waals surface area contributed by atoms with Gasteiger partial charge in [-0.3, -0.25) is 4.79 Å². The molecule has 25 heavy (non-hydrogen) atoms. The van der Waals surface area contributed by atoms with Gasteiger partial charge in [-0.1, -0.05) is 35.9 Å². The molecule has 0 aliphatic carbocycles. The molecule has 2 N–H and O–H groups in total. The first-order chi connectivity index (χ1) is 11.9. The summed E-state index contributed by atoms with van der Waals surface area (Å²) >= 11 is 7.45. The van der Waals surface area contributed by atoms with E-state index in [-0.39, 0.29) is 4.90 Å². The van der Waals surface area contributed by atoms with Crippen LogP contribution < -0.4 is 10.0 Å². The molecule has 2 rings (SSSR count). The summed E-state index contributed by atoms with van der Waals surface area (Å²) in [6, 6.07) is 13.8. The number of hydrogen-bond acceptors (Lipinski definition) is 4. The molecule has 0 aliphatic rings. The number of rotatable bonds is 8. The lowest BCUT2D eigenvalue weighted by Gasteiger charge is -2.18. The topological polar surface area (TPSA) is 75.3 Å². The van der Waals surface area contributed by atoms with Crippen LogP contribution >= 0.6 is 23.4 Å². The van der Waals surface area contributed by atoms with Gasteiger partial charge < -0.3 is 5.32 Å². The van der Waals surface area contributed by atoms with Gasteiger partial charge in [-0.15, -0.1) is 0 Å². The third-order valence-corrected chi connectivity index (χ3v) is 5.74. The molecule has 2 aromatic carbocycles. The van der Waals surface area contributed by atoms with Crippen LogP contribution in [0.4, 0.5) is 5.69 Å². The molecule has 0 bridgehead atoms. The standard InChI is InChI=1S/C17H19ClN2O3S2/c1-24-11-10-16(17(21)19-14-7-5-6-13(18)12-14)20-25(22,23)15-8-3-2-4-9-15/h2-9,12,16,20H,10-11H2,1H3,(H,19,21). The number of anilines is 1. The Kier molecular flexibility index (Phi) is 7.31. The molecule has 1 unspecified atom stereocenters. The number of sulfonamides is 1. The smallest absolute Gasteiger partial charge is 0.242 e. The van der Waals surface area contributed by atoms with Crippen molar-refractivity contribution in [1.82, 2.24) is 4.72 Å².